The van der Waals surface area contributed by atoms with Gasteiger partial charge in [-0.1, -0.05) is 6.92 Å². The number of carbonyl (C=O) groups excluding carboxylic acids is 1. The van der Waals surface area contributed by atoms with Crippen LogP contribution in [0.25, 0.3) is 0 Å². The zero-order valence-corrected chi connectivity index (χ0v) is 14.3. The molecule has 0 aromatic carbocycles. The average Bonchev–Trinajstić information content (AvgIpc) is 2.39. The van der Waals surface area contributed by atoms with Crippen molar-refractivity contribution in [3.63, 3.8) is 0 Å². The van der Waals surface area contributed by atoms with Crippen LogP contribution in [0.5, 0.6) is 0 Å². The zero-order valence-electron chi connectivity index (χ0n) is 12.5. The Labute approximate surface area is 135 Å². The number of aliphatic hydroxyl groups is 5. The second kappa shape index (κ2) is 8.79. The zero-order chi connectivity index (χ0) is 19.5. The highest BCUT2D eigenvalue weighted by molar-refractivity contribution is 7.51. The molecular formula is C9H20O13P2. The third-order valence-electron chi connectivity index (χ3n) is 2.78. The SMILES string of the molecule is C[C@@H]([C@H](O)[C@H](O)[C@@H](O)C(O)OP(C)(=O)O)[C@H](O)C(=O)OP(=O)(O)O. The molecule has 0 aromatic heterocycles. The molecule has 13 nitrogen and oxygen atoms in total. The maximum Gasteiger partial charge on any atom is 0.527 e. The number of hydrogen-bond donors (Lipinski definition) is 8. The van der Waals surface area contributed by atoms with Gasteiger partial charge in [0, 0.05) is 12.6 Å². The predicted molar refractivity (Wildman–Crippen MR) is 74.2 cm³/mol. The summed E-state index contributed by atoms with van der Waals surface area (Å²) in [4.78, 5) is 37.0. The first-order valence-electron chi connectivity index (χ1n) is 6.25. The number of carbonyl (C=O) groups is 1. The Morgan fingerprint density at radius 2 is 1.38 bits per heavy atom. The Hall–Kier alpha value is -0.430. The molecule has 0 bridgehead atoms. The van der Waals surface area contributed by atoms with Gasteiger partial charge < -0.3 is 34.9 Å². The fourth-order valence-electron chi connectivity index (χ4n) is 1.52. The highest BCUT2D eigenvalue weighted by Gasteiger charge is 2.41. The molecule has 0 aliphatic heterocycles. The molecule has 8 N–H and O–H groups in total. The van der Waals surface area contributed by atoms with E-state index in [1.54, 1.807) is 0 Å². The van der Waals surface area contributed by atoms with Gasteiger partial charge in [0.2, 0.25) is 0 Å². The summed E-state index contributed by atoms with van der Waals surface area (Å²) in [5.41, 5.74) is 0. The molecule has 24 heavy (non-hydrogen) atoms. The number of phosphoric ester groups is 1. The second-order valence-corrected chi connectivity index (χ2v) is 7.96. The molecule has 2 unspecified atom stereocenters. The Kier molecular flexibility index (Phi) is 8.63. The van der Waals surface area contributed by atoms with E-state index in [0.717, 1.165) is 6.92 Å². The highest BCUT2D eigenvalue weighted by Crippen LogP contribution is 2.39. The number of hydrogen-bond acceptors (Lipinski definition) is 10. The molecule has 15 heteroatoms. The minimum Gasteiger partial charge on any atom is -0.390 e. The molecule has 0 radical (unpaired) electrons. The lowest BCUT2D eigenvalue weighted by Gasteiger charge is -2.31. The van der Waals surface area contributed by atoms with E-state index in [0.29, 0.717) is 6.66 Å². The van der Waals surface area contributed by atoms with E-state index >= 15 is 0 Å². The van der Waals surface area contributed by atoms with Crippen molar-refractivity contribution in [1.82, 2.24) is 0 Å². The molecule has 0 amide bonds. The molecule has 0 rings (SSSR count). The molecule has 144 valence electrons. The van der Waals surface area contributed by atoms with E-state index in [1.165, 1.54) is 0 Å². The van der Waals surface area contributed by atoms with Gasteiger partial charge in [0.05, 0.1) is 6.10 Å². The summed E-state index contributed by atoms with van der Waals surface area (Å²) < 4.78 is 29.1. The monoisotopic (exact) mass is 398 g/mol. The molecule has 0 aromatic rings. The molecule has 7 atom stereocenters. The van der Waals surface area contributed by atoms with Crippen LogP contribution in [0.2, 0.25) is 0 Å². The first-order chi connectivity index (χ1) is 10.6. The van der Waals surface area contributed by atoms with Gasteiger partial charge in [0.15, 0.2) is 12.4 Å². The van der Waals surface area contributed by atoms with Crippen LogP contribution < -0.4 is 0 Å². The van der Waals surface area contributed by atoms with Crippen LogP contribution in [0.4, 0.5) is 0 Å². The van der Waals surface area contributed by atoms with Crippen molar-refractivity contribution in [1.29, 1.82) is 0 Å². The van der Waals surface area contributed by atoms with Crippen molar-refractivity contribution in [3.05, 3.63) is 0 Å². The Balaban J connectivity index is 4.92. The minimum absolute atomic E-state index is 0.677. The predicted octanol–water partition coefficient (Wildman–Crippen LogP) is -3.15. The summed E-state index contributed by atoms with van der Waals surface area (Å²) in [5, 5.41) is 47.8. The molecular weight excluding hydrogens is 378 g/mol. The number of aliphatic hydroxyl groups excluding tert-OH is 5. The second-order valence-electron chi connectivity index (χ2n) is 4.98. The standard InChI is InChI=1S/C9H20O13P2/c1-3(5(11)8(14)22-24(18,19)20)4(10)6(12)7(13)9(15)21-23(2,16)17/h3-7,9-13,15H,1-2H3,(H,16,17)(H2,18,19,20)/t3-,4-,5-,6-,7+,9?/m0/s1. The maximum atomic E-state index is 11.3. The van der Waals surface area contributed by atoms with E-state index < -0.39 is 58.0 Å². The fraction of sp³-hybridized carbons (Fsp3) is 0.889. The Morgan fingerprint density at radius 3 is 1.75 bits per heavy atom. The molecule has 0 heterocycles. The molecule has 0 aliphatic rings. The van der Waals surface area contributed by atoms with E-state index in [2.05, 4.69) is 9.05 Å². The number of phosphoric acid groups is 1. The van der Waals surface area contributed by atoms with Gasteiger partial charge in [0.1, 0.15) is 12.2 Å². The van der Waals surface area contributed by atoms with Crippen LogP contribution in [-0.2, 0) is 23.0 Å². The highest BCUT2D eigenvalue weighted by atomic mass is 31.2. The summed E-state index contributed by atoms with van der Waals surface area (Å²) in [6.07, 6.45) is -11.4. The number of rotatable bonds is 9. The van der Waals surface area contributed by atoms with Crippen molar-refractivity contribution >= 4 is 21.4 Å². The summed E-state index contributed by atoms with van der Waals surface area (Å²) in [6, 6.07) is 0. The normalized spacial score (nSPS) is 22.6. The topological polar surface area (TPSA) is 232 Å². The molecule has 0 saturated carbocycles. The van der Waals surface area contributed by atoms with Crippen molar-refractivity contribution in [2.75, 3.05) is 6.66 Å². The van der Waals surface area contributed by atoms with Gasteiger partial charge in [-0.3, -0.25) is 18.9 Å². The van der Waals surface area contributed by atoms with Gasteiger partial charge in [-0.05, 0) is 0 Å². The van der Waals surface area contributed by atoms with E-state index in [-0.39, 0.29) is 0 Å². The lowest BCUT2D eigenvalue weighted by Crippen LogP contribution is -2.50. The van der Waals surface area contributed by atoms with Crippen LogP contribution in [0, 0.1) is 5.92 Å². The smallest absolute Gasteiger partial charge is 0.390 e. The summed E-state index contributed by atoms with van der Waals surface area (Å²) in [7, 11) is -9.49. The molecule has 0 aliphatic carbocycles. The quantitative estimate of drug-likeness (QED) is 0.142. The lowest BCUT2D eigenvalue weighted by atomic mass is 9.91. The van der Waals surface area contributed by atoms with E-state index in [4.69, 9.17) is 14.7 Å². The lowest BCUT2D eigenvalue weighted by molar-refractivity contribution is -0.181. The third-order valence-corrected chi connectivity index (χ3v) is 3.81. The maximum absolute atomic E-state index is 11.3. The molecule has 0 fully saturated rings. The van der Waals surface area contributed by atoms with Gasteiger partial charge >= 0.3 is 21.4 Å². The summed E-state index contributed by atoms with van der Waals surface area (Å²) in [5.74, 6) is -3.43. The minimum atomic E-state index is -5.25. The van der Waals surface area contributed by atoms with Crippen LogP contribution >= 0.6 is 15.4 Å². The van der Waals surface area contributed by atoms with Crippen LogP contribution in [0.15, 0.2) is 0 Å². The summed E-state index contributed by atoms with van der Waals surface area (Å²) >= 11 is 0. The van der Waals surface area contributed by atoms with Crippen molar-refractivity contribution < 1.29 is 63.2 Å². The van der Waals surface area contributed by atoms with Crippen molar-refractivity contribution in [2.24, 2.45) is 5.92 Å². The largest absolute Gasteiger partial charge is 0.527 e. The van der Waals surface area contributed by atoms with Crippen LogP contribution in [0.1, 0.15) is 6.92 Å². The van der Waals surface area contributed by atoms with E-state index in [1.807, 2.05) is 0 Å². The first kappa shape index (κ1) is 23.6. The van der Waals surface area contributed by atoms with Gasteiger partial charge in [-0.25, -0.2) is 9.36 Å². The molecule has 0 saturated heterocycles. The van der Waals surface area contributed by atoms with Crippen molar-refractivity contribution in [2.45, 2.75) is 37.6 Å². The van der Waals surface area contributed by atoms with Gasteiger partial charge in [0.25, 0.3) is 0 Å². The Morgan fingerprint density at radius 1 is 0.917 bits per heavy atom. The van der Waals surface area contributed by atoms with Crippen LogP contribution in [0.3, 0.4) is 0 Å². The van der Waals surface area contributed by atoms with E-state index in [9.17, 15) is 39.5 Å². The third kappa shape index (κ3) is 8.10. The van der Waals surface area contributed by atoms with Gasteiger partial charge in [-0.15, -0.1) is 0 Å². The Bertz CT molecular complexity index is 512. The van der Waals surface area contributed by atoms with Crippen molar-refractivity contribution in [3.8, 4) is 0 Å². The van der Waals surface area contributed by atoms with Gasteiger partial charge in [-0.2, -0.15) is 0 Å². The summed E-state index contributed by atoms with van der Waals surface area (Å²) in [6.45, 7) is 1.63. The molecule has 0 spiro atoms. The fourth-order valence-corrected chi connectivity index (χ4v) is 2.38. The van der Waals surface area contributed by atoms with Crippen LogP contribution in [-0.4, -0.2) is 83.6 Å². The average molecular weight is 398 g/mol. The first-order valence-corrected chi connectivity index (χ1v) is 9.80.